The molecule has 0 radical (unpaired) electrons. The van der Waals surface area contributed by atoms with Crippen LogP contribution in [-0.2, 0) is 11.2 Å². The number of benzene rings is 1. The number of hydrogen-bond donors (Lipinski definition) is 2. The SMILES string of the molecule is COc1ccc(CCCNC(=O)c2sc(NC(=O)C3CC3)cc2C)cc1. The predicted octanol–water partition coefficient (Wildman–Crippen LogP) is 3.78. The van der Waals surface area contributed by atoms with E-state index in [1.54, 1.807) is 7.11 Å². The van der Waals surface area contributed by atoms with Crippen molar-refractivity contribution in [2.45, 2.75) is 32.6 Å². The molecule has 0 spiro atoms. The van der Waals surface area contributed by atoms with E-state index in [4.69, 9.17) is 4.74 Å². The number of nitrogens with one attached hydrogen (secondary N) is 2. The molecule has 6 heteroatoms. The van der Waals surface area contributed by atoms with Crippen LogP contribution in [0.4, 0.5) is 5.00 Å². The van der Waals surface area contributed by atoms with Crippen molar-refractivity contribution in [1.82, 2.24) is 5.32 Å². The molecule has 1 saturated carbocycles. The van der Waals surface area contributed by atoms with Crippen molar-refractivity contribution >= 4 is 28.2 Å². The Morgan fingerprint density at radius 2 is 1.96 bits per heavy atom. The second-order valence-electron chi connectivity index (χ2n) is 6.59. The number of carbonyl (C=O) groups is 2. The first-order valence-electron chi connectivity index (χ1n) is 8.89. The molecular weight excluding hydrogens is 348 g/mol. The van der Waals surface area contributed by atoms with Gasteiger partial charge >= 0.3 is 0 Å². The lowest BCUT2D eigenvalue weighted by Gasteiger charge is -2.06. The first-order chi connectivity index (χ1) is 12.6. The minimum Gasteiger partial charge on any atom is -0.497 e. The van der Waals surface area contributed by atoms with E-state index in [-0.39, 0.29) is 17.7 Å². The molecule has 0 unspecified atom stereocenters. The molecule has 138 valence electrons. The summed E-state index contributed by atoms with van der Waals surface area (Å²) in [6, 6.07) is 9.84. The molecule has 0 aliphatic heterocycles. The molecule has 3 rings (SSSR count). The molecule has 5 nitrogen and oxygen atoms in total. The number of anilines is 1. The highest BCUT2D eigenvalue weighted by atomic mass is 32.1. The first-order valence-corrected chi connectivity index (χ1v) is 9.71. The number of rotatable bonds is 8. The summed E-state index contributed by atoms with van der Waals surface area (Å²) < 4.78 is 5.15. The van der Waals surface area contributed by atoms with Crippen molar-refractivity contribution in [2.24, 2.45) is 5.92 Å². The molecule has 1 aromatic carbocycles. The van der Waals surface area contributed by atoms with E-state index in [9.17, 15) is 9.59 Å². The van der Waals surface area contributed by atoms with Gasteiger partial charge in [0.25, 0.3) is 5.91 Å². The number of aryl methyl sites for hydroxylation is 2. The fourth-order valence-electron chi connectivity index (χ4n) is 2.71. The maximum atomic E-state index is 12.4. The minimum atomic E-state index is -0.0749. The van der Waals surface area contributed by atoms with Crippen LogP contribution in [-0.4, -0.2) is 25.5 Å². The Bertz CT molecular complexity index is 779. The first kappa shape index (κ1) is 18.5. The van der Waals surface area contributed by atoms with E-state index < -0.39 is 0 Å². The molecule has 1 aromatic heterocycles. The quantitative estimate of drug-likeness (QED) is 0.693. The third-order valence-corrected chi connectivity index (χ3v) is 5.56. The molecule has 26 heavy (non-hydrogen) atoms. The summed E-state index contributed by atoms with van der Waals surface area (Å²) in [4.78, 5) is 24.9. The molecule has 0 saturated heterocycles. The highest BCUT2D eigenvalue weighted by Crippen LogP contribution is 2.32. The molecule has 2 amide bonds. The zero-order chi connectivity index (χ0) is 18.5. The highest BCUT2D eigenvalue weighted by molar-refractivity contribution is 7.18. The van der Waals surface area contributed by atoms with Crippen LogP contribution in [0, 0.1) is 12.8 Å². The van der Waals surface area contributed by atoms with Crippen molar-refractivity contribution in [1.29, 1.82) is 0 Å². The standard InChI is InChI=1S/C20H24N2O3S/c1-13-12-17(22-19(23)15-7-8-15)26-18(13)20(24)21-11-3-4-14-5-9-16(25-2)10-6-14/h5-6,9-10,12,15H,3-4,7-8,11H2,1-2H3,(H,21,24)(H,22,23). The van der Waals surface area contributed by atoms with Gasteiger partial charge in [-0.3, -0.25) is 9.59 Å². The van der Waals surface area contributed by atoms with Crippen LogP contribution in [0.1, 0.15) is 40.1 Å². The predicted molar refractivity (Wildman–Crippen MR) is 104 cm³/mol. The average molecular weight is 372 g/mol. The lowest BCUT2D eigenvalue weighted by molar-refractivity contribution is -0.117. The number of amides is 2. The Hall–Kier alpha value is -2.34. The topological polar surface area (TPSA) is 67.4 Å². The summed E-state index contributed by atoms with van der Waals surface area (Å²) in [6.45, 7) is 2.52. The van der Waals surface area contributed by atoms with Crippen LogP contribution >= 0.6 is 11.3 Å². The van der Waals surface area contributed by atoms with Gasteiger partial charge in [-0.2, -0.15) is 0 Å². The lowest BCUT2D eigenvalue weighted by atomic mass is 10.1. The third kappa shape index (κ3) is 4.85. The lowest BCUT2D eigenvalue weighted by Crippen LogP contribution is -2.24. The van der Waals surface area contributed by atoms with Gasteiger partial charge in [-0.05, 0) is 61.9 Å². The van der Waals surface area contributed by atoms with E-state index in [1.165, 1.54) is 16.9 Å². The molecule has 2 N–H and O–H groups in total. The van der Waals surface area contributed by atoms with Crippen LogP contribution in [0.5, 0.6) is 5.75 Å². The van der Waals surface area contributed by atoms with Crippen molar-refractivity contribution in [3.8, 4) is 5.75 Å². The van der Waals surface area contributed by atoms with Gasteiger partial charge in [0.15, 0.2) is 0 Å². The van der Waals surface area contributed by atoms with E-state index in [2.05, 4.69) is 10.6 Å². The van der Waals surface area contributed by atoms with Crippen molar-refractivity contribution < 1.29 is 14.3 Å². The highest BCUT2D eigenvalue weighted by Gasteiger charge is 2.30. The molecular formula is C20H24N2O3S. The number of ether oxygens (including phenoxy) is 1. The maximum Gasteiger partial charge on any atom is 0.261 e. The molecule has 1 heterocycles. The van der Waals surface area contributed by atoms with Gasteiger partial charge in [-0.25, -0.2) is 0 Å². The van der Waals surface area contributed by atoms with Gasteiger partial charge in [0.2, 0.25) is 5.91 Å². The van der Waals surface area contributed by atoms with E-state index in [1.807, 2.05) is 37.3 Å². The van der Waals surface area contributed by atoms with E-state index in [0.29, 0.717) is 11.4 Å². The fraction of sp³-hybridized carbons (Fsp3) is 0.400. The fourth-order valence-corrected chi connectivity index (χ4v) is 3.70. The van der Waals surface area contributed by atoms with Crippen molar-refractivity contribution in [3.05, 3.63) is 46.3 Å². The summed E-state index contributed by atoms with van der Waals surface area (Å²) in [5.74, 6) is 0.999. The summed E-state index contributed by atoms with van der Waals surface area (Å²) >= 11 is 1.34. The van der Waals surface area contributed by atoms with E-state index in [0.717, 1.165) is 42.0 Å². The van der Waals surface area contributed by atoms with Crippen molar-refractivity contribution in [3.63, 3.8) is 0 Å². The van der Waals surface area contributed by atoms with Gasteiger partial charge in [0, 0.05) is 12.5 Å². The van der Waals surface area contributed by atoms with Gasteiger partial charge in [0.05, 0.1) is 17.0 Å². The molecule has 2 aromatic rings. The average Bonchev–Trinajstić information content (AvgIpc) is 3.43. The molecule has 0 atom stereocenters. The summed E-state index contributed by atoms with van der Waals surface area (Å²) in [7, 11) is 1.65. The number of methoxy groups -OCH3 is 1. The summed E-state index contributed by atoms with van der Waals surface area (Å²) in [5, 5.41) is 6.63. The molecule has 1 aliphatic rings. The van der Waals surface area contributed by atoms with Gasteiger partial charge < -0.3 is 15.4 Å². The molecule has 1 aliphatic carbocycles. The Balaban J connectivity index is 1.45. The van der Waals surface area contributed by atoms with Crippen LogP contribution in [0.25, 0.3) is 0 Å². The Morgan fingerprint density at radius 1 is 1.23 bits per heavy atom. The second kappa shape index (κ2) is 8.36. The second-order valence-corrected chi connectivity index (χ2v) is 7.65. The van der Waals surface area contributed by atoms with Gasteiger partial charge in [0.1, 0.15) is 5.75 Å². The number of hydrogen-bond acceptors (Lipinski definition) is 4. The summed E-state index contributed by atoms with van der Waals surface area (Å²) in [5.41, 5.74) is 2.12. The smallest absolute Gasteiger partial charge is 0.261 e. The van der Waals surface area contributed by atoms with Gasteiger partial charge in [-0.15, -0.1) is 11.3 Å². The normalized spacial score (nSPS) is 13.3. The number of carbonyl (C=O) groups excluding carboxylic acids is 2. The Kier molecular flexibility index (Phi) is 5.93. The summed E-state index contributed by atoms with van der Waals surface area (Å²) in [6.07, 6.45) is 3.71. The largest absolute Gasteiger partial charge is 0.497 e. The van der Waals surface area contributed by atoms with Crippen LogP contribution in [0.15, 0.2) is 30.3 Å². The molecule has 1 fully saturated rings. The van der Waals surface area contributed by atoms with Crippen LogP contribution in [0.3, 0.4) is 0 Å². The Morgan fingerprint density at radius 3 is 2.62 bits per heavy atom. The monoisotopic (exact) mass is 372 g/mol. The number of thiophene rings is 1. The zero-order valence-corrected chi connectivity index (χ0v) is 15.9. The molecule has 0 bridgehead atoms. The third-order valence-electron chi connectivity index (χ3n) is 4.41. The van der Waals surface area contributed by atoms with Crippen LogP contribution in [0.2, 0.25) is 0 Å². The minimum absolute atomic E-state index is 0.0673. The van der Waals surface area contributed by atoms with Crippen molar-refractivity contribution in [2.75, 3.05) is 19.0 Å². The zero-order valence-electron chi connectivity index (χ0n) is 15.1. The van der Waals surface area contributed by atoms with E-state index >= 15 is 0 Å². The maximum absolute atomic E-state index is 12.4. The Labute approximate surface area is 157 Å². The van der Waals surface area contributed by atoms with Crippen LogP contribution < -0.4 is 15.4 Å². The van der Waals surface area contributed by atoms with Gasteiger partial charge in [-0.1, -0.05) is 12.1 Å².